The summed E-state index contributed by atoms with van der Waals surface area (Å²) in [6, 6.07) is 108. The molecule has 18 aromatic carbocycles. The Morgan fingerprint density at radius 1 is 0.257 bits per heavy atom. The molecule has 0 fully saturated rings. The molecule has 0 aliphatic carbocycles. The second kappa shape index (κ2) is 35.5. The molecule has 0 spiro atoms. The van der Waals surface area contributed by atoms with Crippen molar-refractivity contribution in [3.63, 3.8) is 0 Å². The van der Waals surface area contributed by atoms with Gasteiger partial charge in [-0.25, -0.2) is 0 Å². The standard InChI is InChI=1S/C137H129BN6/c1-132(2,3)97-56-64-121-111(75-97)112-76-98(133(4,5)6)57-65-122(112)139(121)85-91-55-63-120-128(72-91)142(88-118-109(95-46-32-22-33-47-95)81-102(137(16,17)18)82-110(118)96-48-34-23-35-49-96)130-74-92(73-129-131(130)138(120)119-62-54-90(70-89-40-26-19-27-41-89)71-127(119)141(129)87-117-107(93-42-28-20-29-43-93)79-101(136(13,14)15)80-108(117)94-44-30-21-31-45-94)86-140-123-68-60-105(143(103-50-36-24-37-51-103)104-52-38-25-39-53-104)83-115(123)116-84-106(61-69-124(116)140)144-125-66-58-99(134(7,8)9)77-113(125)114-78-100(135(10,11)12)59-67-126(114)144/h19-69,71-84H,70,85-88H2,1-18H3/i19D,24D,26D,27D,36D,37D,40D,41D,50D,51D,61D,69D,84D. The normalized spacial score (nSPS) is 14.3. The Labute approximate surface area is 870 Å². The summed E-state index contributed by atoms with van der Waals surface area (Å²) in [5, 5.41) is 5.10. The summed E-state index contributed by atoms with van der Waals surface area (Å²) in [7, 11) is 0. The molecule has 0 unspecified atom stereocenters. The lowest BCUT2D eigenvalue weighted by Gasteiger charge is -2.45. The zero-order valence-electron chi connectivity index (χ0n) is 98.8. The van der Waals surface area contributed by atoms with E-state index in [2.05, 4.69) is 410 Å². The molecular formula is C137H129BN6. The number of hydrogen-bond acceptors (Lipinski definition) is 3. The Kier molecular flexibility index (Phi) is 19.3. The van der Waals surface area contributed by atoms with E-state index in [1.54, 1.807) is 4.90 Å². The van der Waals surface area contributed by atoms with Crippen molar-refractivity contribution in [2.45, 2.75) is 190 Å². The monoisotopic (exact) mass is 1880 g/mol. The maximum atomic E-state index is 11.6. The molecule has 21 aromatic rings. The summed E-state index contributed by atoms with van der Waals surface area (Å²) in [6.45, 7) is 41.1. The Morgan fingerprint density at radius 2 is 0.611 bits per heavy atom. The summed E-state index contributed by atoms with van der Waals surface area (Å²) < 4.78 is 134. The lowest BCUT2D eigenvalue weighted by molar-refractivity contribution is 0.590. The molecule has 7 heteroatoms. The van der Waals surface area contributed by atoms with Gasteiger partial charge in [-0.2, -0.15) is 0 Å². The van der Waals surface area contributed by atoms with Gasteiger partial charge in [-0.15, -0.1) is 0 Å². The average molecular weight is 1880 g/mol. The first-order valence-electron chi connectivity index (χ1n) is 57.3. The van der Waals surface area contributed by atoms with Gasteiger partial charge < -0.3 is 28.4 Å². The molecule has 23 rings (SSSR count). The molecule has 0 N–H and O–H groups in total. The third kappa shape index (κ3) is 16.9. The molecule has 3 aromatic heterocycles. The van der Waals surface area contributed by atoms with Crippen LogP contribution in [0.1, 0.15) is 209 Å². The van der Waals surface area contributed by atoms with Crippen LogP contribution in [0.4, 0.5) is 39.8 Å². The highest BCUT2D eigenvalue weighted by Crippen LogP contribution is 2.51. The number of aromatic nitrogens is 3. The van der Waals surface area contributed by atoms with Gasteiger partial charge in [0.2, 0.25) is 0 Å². The van der Waals surface area contributed by atoms with Crippen molar-refractivity contribution in [3.05, 3.63) is 461 Å². The van der Waals surface area contributed by atoms with E-state index in [9.17, 15) is 15.1 Å². The van der Waals surface area contributed by atoms with Crippen LogP contribution in [0.25, 0.3) is 116 Å². The van der Waals surface area contributed by atoms with E-state index in [1.165, 1.54) is 21.9 Å². The van der Waals surface area contributed by atoms with E-state index in [0.29, 0.717) is 51.8 Å². The lowest BCUT2D eigenvalue weighted by atomic mass is 9.33. The van der Waals surface area contributed by atoms with Crippen molar-refractivity contribution in [1.82, 2.24) is 13.7 Å². The summed E-state index contributed by atoms with van der Waals surface area (Å²) in [4.78, 5) is 6.79. The Hall–Kier alpha value is -15.2. The first-order valence-corrected chi connectivity index (χ1v) is 50.8. The Balaban J connectivity index is 0.866. The van der Waals surface area contributed by atoms with Crippen LogP contribution in [0.5, 0.6) is 0 Å². The van der Waals surface area contributed by atoms with Crippen LogP contribution in [0.3, 0.4) is 0 Å². The van der Waals surface area contributed by atoms with Crippen molar-refractivity contribution < 1.29 is 17.8 Å². The molecule has 0 bridgehead atoms. The van der Waals surface area contributed by atoms with Crippen molar-refractivity contribution in [3.8, 4) is 50.2 Å². The van der Waals surface area contributed by atoms with Crippen molar-refractivity contribution >= 4 is 128 Å². The maximum absolute atomic E-state index is 11.6. The van der Waals surface area contributed by atoms with E-state index in [0.717, 1.165) is 161 Å². The van der Waals surface area contributed by atoms with Crippen LogP contribution in [-0.2, 0) is 65.1 Å². The van der Waals surface area contributed by atoms with E-state index >= 15 is 0 Å². The van der Waals surface area contributed by atoms with Crippen LogP contribution < -0.4 is 31.1 Å². The van der Waals surface area contributed by atoms with Gasteiger partial charge in [0.25, 0.3) is 6.71 Å². The highest BCUT2D eigenvalue weighted by Gasteiger charge is 2.45. The molecule has 2 aliphatic rings. The fraction of sp³-hybridized carbons (Fsp3) is 0.212. The minimum Gasteiger partial charge on any atom is -0.338 e. The van der Waals surface area contributed by atoms with Crippen LogP contribution in [0.2, 0.25) is 0 Å². The number of fused-ring (bicyclic) bond motifs is 13. The van der Waals surface area contributed by atoms with E-state index < -0.39 is 55.1 Å². The van der Waals surface area contributed by atoms with Crippen molar-refractivity contribution in [2.75, 3.05) is 14.7 Å². The van der Waals surface area contributed by atoms with Crippen LogP contribution in [-0.4, -0.2) is 20.4 Å². The molecule has 710 valence electrons. The molecule has 5 heterocycles. The second-order valence-electron chi connectivity index (χ2n) is 46.0. The molecule has 0 saturated heterocycles. The number of rotatable bonds is 18. The molecule has 0 saturated carbocycles. The quantitative estimate of drug-likeness (QED) is 0.0801. The molecular weight excluding hydrogens is 1740 g/mol. The maximum Gasteiger partial charge on any atom is 0.252 e. The van der Waals surface area contributed by atoms with Crippen LogP contribution >= 0.6 is 0 Å². The first-order chi connectivity index (χ1) is 74.6. The topological polar surface area (TPSA) is 24.5 Å². The van der Waals surface area contributed by atoms with Gasteiger partial charge in [0.1, 0.15) is 0 Å². The number of nitrogens with zero attached hydrogens (tertiary/aromatic N) is 6. The van der Waals surface area contributed by atoms with Crippen LogP contribution in [0, 0.1) is 0 Å². The first kappa shape index (κ1) is 78.4. The molecule has 6 nitrogen and oxygen atoms in total. The second-order valence-corrected chi connectivity index (χ2v) is 46.0. The smallest absolute Gasteiger partial charge is 0.252 e. The number of para-hydroxylation sites is 2. The molecule has 144 heavy (non-hydrogen) atoms. The Bertz CT molecular complexity index is 9120. The number of anilines is 7. The SMILES string of the molecule is [2H]c1c([2H])c([2H])c(Cc2ccc3c(c2)N(Cc2c(-c4ccccc4)cc(C(C)(C)C)cc2-c2ccccc2)c2cc(Cn4c5ccc(N(c6ccccc6)c6c([2H])c([2H])c([2H])c([2H])c6[2H])cc5c5c([2H])c(-n6c7ccc(C(C)(C)C)cc7c7cc(C(C)(C)C)ccc76)c([2H])c([2H])c54)cc4c2B3c2ccc(Cn3c5ccc(C(C)(C)C)cc5c5cc(C(C)(C)C)ccc53)cc2N4Cc2c(-c3ccccc3)cc(C(C)(C)C)cc2-c2ccccc2)c([2H])c1[2H]. The fourth-order valence-electron chi connectivity index (χ4n) is 22.3. The number of hydrogen-bond donors (Lipinski definition) is 0. The molecule has 0 atom stereocenters. The van der Waals surface area contributed by atoms with Gasteiger partial charge in [-0.3, -0.25) is 0 Å². The average Bonchev–Trinajstić information content (AvgIpc) is 0.880. The van der Waals surface area contributed by atoms with E-state index in [-0.39, 0.29) is 99.2 Å². The zero-order valence-corrected chi connectivity index (χ0v) is 85.8. The minimum atomic E-state index is -0.547. The molecule has 0 radical (unpaired) electrons. The highest BCUT2D eigenvalue weighted by atomic mass is 15.2. The fourth-order valence-corrected chi connectivity index (χ4v) is 22.3. The summed E-state index contributed by atoms with van der Waals surface area (Å²) >= 11 is 0. The highest BCUT2D eigenvalue weighted by molar-refractivity contribution is 7.00. The molecule has 0 amide bonds. The van der Waals surface area contributed by atoms with Gasteiger partial charge in [0.15, 0.2) is 0 Å². The number of benzene rings is 18. The minimum absolute atomic E-state index is 0.00857. The predicted octanol–water partition coefficient (Wildman–Crippen LogP) is 34.4. The Morgan fingerprint density at radius 3 is 1.03 bits per heavy atom. The van der Waals surface area contributed by atoms with Gasteiger partial charge in [-0.05, 0) is 300 Å². The summed E-state index contributed by atoms with van der Waals surface area (Å²) in [5.41, 5.74) is 30.8. The van der Waals surface area contributed by atoms with Crippen LogP contribution in [0.15, 0.2) is 394 Å². The predicted molar refractivity (Wildman–Crippen MR) is 618 cm³/mol. The third-order valence-electron chi connectivity index (χ3n) is 30.2. The third-order valence-corrected chi connectivity index (χ3v) is 30.2. The summed E-state index contributed by atoms with van der Waals surface area (Å²) in [6.07, 6.45) is -0.0151. The van der Waals surface area contributed by atoms with Gasteiger partial charge >= 0.3 is 0 Å². The van der Waals surface area contributed by atoms with Crippen molar-refractivity contribution in [2.24, 2.45) is 0 Å². The molecule has 2 aliphatic heterocycles. The lowest BCUT2D eigenvalue weighted by Crippen LogP contribution is -2.62. The zero-order chi connectivity index (χ0) is 111. The van der Waals surface area contributed by atoms with E-state index in [4.69, 9.17) is 2.74 Å². The largest absolute Gasteiger partial charge is 0.338 e. The van der Waals surface area contributed by atoms with Gasteiger partial charge in [0.05, 0.1) is 28.9 Å². The van der Waals surface area contributed by atoms with E-state index in [1.807, 2.05) is 53.1 Å². The van der Waals surface area contributed by atoms with Gasteiger partial charge in [-0.1, -0.05) is 385 Å². The van der Waals surface area contributed by atoms with Gasteiger partial charge in [0, 0.05) is 126 Å². The van der Waals surface area contributed by atoms with Crippen molar-refractivity contribution in [1.29, 1.82) is 0 Å². The summed E-state index contributed by atoms with van der Waals surface area (Å²) in [5.74, 6) is 0.